The Morgan fingerprint density at radius 1 is 1.33 bits per heavy atom. The highest BCUT2D eigenvalue weighted by atomic mass is 16.5. The Labute approximate surface area is 72.4 Å². The van der Waals surface area contributed by atoms with Gasteiger partial charge in [0.1, 0.15) is 11.8 Å². The lowest BCUT2D eigenvalue weighted by atomic mass is 10.1. The van der Waals surface area contributed by atoms with E-state index in [9.17, 15) is 0 Å². The van der Waals surface area contributed by atoms with Crippen LogP contribution in [-0.4, -0.2) is 6.61 Å². The molecule has 12 heavy (non-hydrogen) atoms. The van der Waals surface area contributed by atoms with Gasteiger partial charge in [-0.15, -0.1) is 0 Å². The van der Waals surface area contributed by atoms with E-state index in [0.29, 0.717) is 0 Å². The molecule has 0 radical (unpaired) electrons. The minimum atomic E-state index is 0.117. The first-order valence-corrected chi connectivity index (χ1v) is 3.81. The van der Waals surface area contributed by atoms with Crippen molar-refractivity contribution in [3.63, 3.8) is 0 Å². The standard InChI is InChI=1S/C10H11NO/c1-8-4-3-5-9(2)10(8)12-7-6-11/h3-5H,7H2,1-2H3. The Morgan fingerprint density at radius 3 is 2.42 bits per heavy atom. The Hall–Kier alpha value is -1.49. The molecule has 0 amide bonds. The third-order valence-corrected chi connectivity index (χ3v) is 1.69. The average Bonchev–Trinajstić information content (AvgIpc) is 2.04. The summed E-state index contributed by atoms with van der Waals surface area (Å²) in [6.07, 6.45) is 0. The Bertz CT molecular complexity index is 292. The van der Waals surface area contributed by atoms with E-state index in [2.05, 4.69) is 0 Å². The zero-order valence-corrected chi connectivity index (χ0v) is 7.29. The van der Waals surface area contributed by atoms with Crippen molar-refractivity contribution < 1.29 is 4.74 Å². The maximum Gasteiger partial charge on any atom is 0.174 e. The number of nitrogens with zero attached hydrogens (tertiary/aromatic N) is 1. The lowest BCUT2D eigenvalue weighted by Crippen LogP contribution is -1.97. The van der Waals surface area contributed by atoms with Crippen molar-refractivity contribution in [2.24, 2.45) is 0 Å². The second-order valence-electron chi connectivity index (χ2n) is 2.67. The summed E-state index contributed by atoms with van der Waals surface area (Å²) >= 11 is 0. The predicted molar refractivity (Wildman–Crippen MR) is 47.0 cm³/mol. The lowest BCUT2D eigenvalue weighted by molar-refractivity contribution is 0.363. The molecule has 1 aromatic rings. The van der Waals surface area contributed by atoms with Crippen molar-refractivity contribution in [2.75, 3.05) is 6.61 Å². The second-order valence-corrected chi connectivity index (χ2v) is 2.67. The van der Waals surface area contributed by atoms with Crippen molar-refractivity contribution in [1.82, 2.24) is 0 Å². The molecule has 0 saturated heterocycles. The molecule has 0 atom stereocenters. The van der Waals surface area contributed by atoms with Gasteiger partial charge >= 0.3 is 0 Å². The number of hydrogen-bond donors (Lipinski definition) is 0. The van der Waals surface area contributed by atoms with Gasteiger partial charge < -0.3 is 4.74 Å². The van der Waals surface area contributed by atoms with Crippen LogP contribution in [0.4, 0.5) is 0 Å². The van der Waals surface area contributed by atoms with E-state index in [1.54, 1.807) is 0 Å². The van der Waals surface area contributed by atoms with Crippen LogP contribution in [0.1, 0.15) is 11.1 Å². The maximum absolute atomic E-state index is 8.33. The largest absolute Gasteiger partial charge is 0.478 e. The van der Waals surface area contributed by atoms with Crippen LogP contribution in [0.5, 0.6) is 5.75 Å². The number of rotatable bonds is 2. The molecule has 0 unspecified atom stereocenters. The number of hydrogen-bond acceptors (Lipinski definition) is 2. The van der Waals surface area contributed by atoms with Crippen LogP contribution >= 0.6 is 0 Å². The summed E-state index contributed by atoms with van der Waals surface area (Å²) < 4.78 is 5.26. The smallest absolute Gasteiger partial charge is 0.174 e. The third kappa shape index (κ3) is 1.76. The molecule has 0 heterocycles. The van der Waals surface area contributed by atoms with Gasteiger partial charge in [0.05, 0.1) is 0 Å². The monoisotopic (exact) mass is 161 g/mol. The van der Waals surface area contributed by atoms with Crippen molar-refractivity contribution in [3.05, 3.63) is 29.3 Å². The highest BCUT2D eigenvalue weighted by molar-refractivity contribution is 5.39. The first-order valence-electron chi connectivity index (χ1n) is 3.81. The Kier molecular flexibility index (Phi) is 2.71. The van der Waals surface area contributed by atoms with Crippen LogP contribution in [0.2, 0.25) is 0 Å². The number of para-hydroxylation sites is 1. The van der Waals surface area contributed by atoms with Crippen LogP contribution in [0, 0.1) is 25.2 Å². The molecule has 2 nitrogen and oxygen atoms in total. The summed E-state index contributed by atoms with van der Waals surface area (Å²) in [6.45, 7) is 4.06. The van der Waals surface area contributed by atoms with Crippen LogP contribution in [-0.2, 0) is 0 Å². The van der Waals surface area contributed by atoms with Crippen molar-refractivity contribution in [1.29, 1.82) is 5.26 Å². The van der Waals surface area contributed by atoms with E-state index in [4.69, 9.17) is 10.00 Å². The molecule has 1 rings (SSSR count). The molecule has 2 heteroatoms. The van der Waals surface area contributed by atoms with E-state index in [1.165, 1.54) is 0 Å². The van der Waals surface area contributed by atoms with E-state index in [0.717, 1.165) is 16.9 Å². The molecule has 0 N–H and O–H groups in total. The molecule has 62 valence electrons. The third-order valence-electron chi connectivity index (χ3n) is 1.69. The molecular formula is C10H11NO. The summed E-state index contributed by atoms with van der Waals surface area (Å²) in [4.78, 5) is 0. The van der Waals surface area contributed by atoms with Crippen molar-refractivity contribution in [3.8, 4) is 11.8 Å². The maximum atomic E-state index is 8.33. The summed E-state index contributed by atoms with van der Waals surface area (Å²) in [5.41, 5.74) is 2.15. The second kappa shape index (κ2) is 3.77. The summed E-state index contributed by atoms with van der Waals surface area (Å²) in [6, 6.07) is 7.87. The average molecular weight is 161 g/mol. The number of benzene rings is 1. The van der Waals surface area contributed by atoms with E-state index in [-0.39, 0.29) is 6.61 Å². The fourth-order valence-electron chi connectivity index (χ4n) is 1.13. The highest BCUT2D eigenvalue weighted by Crippen LogP contribution is 2.21. The van der Waals surface area contributed by atoms with E-state index >= 15 is 0 Å². The van der Waals surface area contributed by atoms with Gasteiger partial charge in [-0.2, -0.15) is 5.26 Å². The molecule has 0 aliphatic carbocycles. The fraction of sp³-hybridized carbons (Fsp3) is 0.300. The highest BCUT2D eigenvalue weighted by Gasteiger charge is 2.01. The topological polar surface area (TPSA) is 33.0 Å². The molecule has 0 fully saturated rings. The van der Waals surface area contributed by atoms with Crippen LogP contribution < -0.4 is 4.74 Å². The number of nitriles is 1. The van der Waals surface area contributed by atoms with Crippen LogP contribution in [0.25, 0.3) is 0 Å². The molecule has 0 aromatic heterocycles. The number of ether oxygens (including phenoxy) is 1. The summed E-state index contributed by atoms with van der Waals surface area (Å²) in [5.74, 6) is 0.832. The molecule has 0 aliphatic rings. The summed E-state index contributed by atoms with van der Waals surface area (Å²) in [7, 11) is 0. The van der Waals surface area contributed by atoms with Crippen LogP contribution in [0.15, 0.2) is 18.2 Å². The quantitative estimate of drug-likeness (QED) is 0.666. The van der Waals surface area contributed by atoms with Crippen molar-refractivity contribution in [2.45, 2.75) is 13.8 Å². The minimum absolute atomic E-state index is 0.117. The van der Waals surface area contributed by atoms with Gasteiger partial charge in [-0.25, -0.2) is 0 Å². The Balaban J connectivity index is 2.90. The van der Waals surface area contributed by atoms with Gasteiger partial charge in [0.2, 0.25) is 0 Å². The SMILES string of the molecule is Cc1cccc(C)c1OCC#N. The first kappa shape index (κ1) is 8.61. The van der Waals surface area contributed by atoms with Gasteiger partial charge in [-0.05, 0) is 25.0 Å². The fourth-order valence-corrected chi connectivity index (χ4v) is 1.13. The van der Waals surface area contributed by atoms with Gasteiger partial charge in [-0.3, -0.25) is 0 Å². The van der Waals surface area contributed by atoms with Gasteiger partial charge in [0.15, 0.2) is 6.61 Å². The molecular weight excluding hydrogens is 150 g/mol. The van der Waals surface area contributed by atoms with Gasteiger partial charge in [0.25, 0.3) is 0 Å². The molecule has 0 aliphatic heterocycles. The van der Waals surface area contributed by atoms with E-state index < -0.39 is 0 Å². The predicted octanol–water partition coefficient (Wildman–Crippen LogP) is 2.21. The zero-order chi connectivity index (χ0) is 8.97. The lowest BCUT2D eigenvalue weighted by Gasteiger charge is -2.07. The van der Waals surface area contributed by atoms with Crippen molar-refractivity contribution >= 4 is 0 Å². The zero-order valence-electron chi connectivity index (χ0n) is 7.29. The van der Waals surface area contributed by atoms with Gasteiger partial charge in [-0.1, -0.05) is 18.2 Å². The van der Waals surface area contributed by atoms with E-state index in [1.807, 2.05) is 38.1 Å². The molecule has 0 bridgehead atoms. The number of aryl methyl sites for hydroxylation is 2. The molecule has 1 aromatic carbocycles. The van der Waals surface area contributed by atoms with Gasteiger partial charge in [0, 0.05) is 0 Å². The molecule has 0 saturated carbocycles. The van der Waals surface area contributed by atoms with Crippen LogP contribution in [0.3, 0.4) is 0 Å². The Morgan fingerprint density at radius 2 is 1.92 bits per heavy atom. The molecule has 0 spiro atoms. The summed E-state index contributed by atoms with van der Waals surface area (Å²) in [5, 5.41) is 8.33. The normalized spacial score (nSPS) is 9.08. The minimum Gasteiger partial charge on any atom is -0.478 e. The first-order chi connectivity index (χ1) is 5.75.